The van der Waals surface area contributed by atoms with Gasteiger partial charge in [-0.05, 0) is 42.6 Å². The molecule has 0 atom stereocenters. The first kappa shape index (κ1) is 14.8. The van der Waals surface area contributed by atoms with Crippen LogP contribution in [0.25, 0.3) is 0 Å². The summed E-state index contributed by atoms with van der Waals surface area (Å²) in [7, 11) is 1.66. The molecule has 0 saturated carbocycles. The fourth-order valence-corrected chi connectivity index (χ4v) is 1.50. The Balaban J connectivity index is 2.10. The maximum Gasteiger partial charge on any atom is 0.119 e. The van der Waals surface area contributed by atoms with Crippen LogP contribution in [0.1, 0.15) is 27.2 Å². The van der Waals surface area contributed by atoms with E-state index in [0.717, 1.165) is 24.6 Å². The van der Waals surface area contributed by atoms with Crippen LogP contribution in [-0.4, -0.2) is 26.8 Å². The van der Waals surface area contributed by atoms with Gasteiger partial charge in [0.05, 0.1) is 7.11 Å². The minimum Gasteiger partial charge on any atom is -0.497 e. The summed E-state index contributed by atoms with van der Waals surface area (Å²) >= 11 is 0. The molecule has 0 aromatic heterocycles. The summed E-state index contributed by atoms with van der Waals surface area (Å²) in [4.78, 5) is 0. The van der Waals surface area contributed by atoms with Gasteiger partial charge < -0.3 is 14.8 Å². The first-order valence-electron chi connectivity index (χ1n) is 6.49. The molecule has 0 amide bonds. The van der Waals surface area contributed by atoms with E-state index in [1.807, 2.05) is 24.3 Å². The van der Waals surface area contributed by atoms with Gasteiger partial charge >= 0.3 is 0 Å². The highest BCUT2D eigenvalue weighted by atomic mass is 16.5. The first-order chi connectivity index (χ1) is 8.51. The van der Waals surface area contributed by atoms with E-state index in [9.17, 15) is 0 Å². The summed E-state index contributed by atoms with van der Waals surface area (Å²) in [6.07, 6.45) is 1.18. The molecule has 1 aromatic carbocycles. The summed E-state index contributed by atoms with van der Waals surface area (Å²) in [6.45, 7) is 9.36. The number of nitrogens with one attached hydrogen (secondary N) is 1. The lowest BCUT2D eigenvalue weighted by Crippen LogP contribution is -2.25. The van der Waals surface area contributed by atoms with Crippen LogP contribution in [0.15, 0.2) is 24.3 Å². The fraction of sp³-hybridized carbons (Fsp3) is 0.600. The standard InChI is InChI=1S/C15H25NO2/c1-15(2,3)9-10-16-11-12-18-14-7-5-13(17-4)6-8-14/h5-8,16H,9-12H2,1-4H3. The van der Waals surface area contributed by atoms with Gasteiger partial charge in [0.1, 0.15) is 18.1 Å². The number of hydrogen-bond acceptors (Lipinski definition) is 3. The third-order valence-corrected chi connectivity index (χ3v) is 2.66. The van der Waals surface area contributed by atoms with Crippen molar-refractivity contribution in [1.29, 1.82) is 0 Å². The fourth-order valence-electron chi connectivity index (χ4n) is 1.50. The molecule has 0 aliphatic heterocycles. The molecule has 0 spiro atoms. The smallest absolute Gasteiger partial charge is 0.119 e. The predicted octanol–water partition coefficient (Wildman–Crippen LogP) is 3.10. The number of hydrogen-bond donors (Lipinski definition) is 1. The van der Waals surface area contributed by atoms with Crippen LogP contribution in [0.4, 0.5) is 0 Å². The molecule has 1 aromatic rings. The molecule has 1 rings (SSSR count). The molecule has 18 heavy (non-hydrogen) atoms. The Morgan fingerprint density at radius 2 is 1.61 bits per heavy atom. The largest absolute Gasteiger partial charge is 0.497 e. The zero-order chi connectivity index (χ0) is 13.4. The van der Waals surface area contributed by atoms with Crippen molar-refractivity contribution >= 4 is 0 Å². The van der Waals surface area contributed by atoms with Crippen molar-refractivity contribution in [3.05, 3.63) is 24.3 Å². The Labute approximate surface area is 110 Å². The second-order valence-corrected chi connectivity index (χ2v) is 5.58. The number of methoxy groups -OCH3 is 1. The van der Waals surface area contributed by atoms with Gasteiger partial charge in [0.2, 0.25) is 0 Å². The molecular formula is C15H25NO2. The van der Waals surface area contributed by atoms with Crippen LogP contribution in [-0.2, 0) is 0 Å². The molecule has 0 bridgehead atoms. The summed E-state index contributed by atoms with van der Waals surface area (Å²) in [5.74, 6) is 1.74. The molecule has 0 radical (unpaired) electrons. The first-order valence-corrected chi connectivity index (χ1v) is 6.49. The second-order valence-electron chi connectivity index (χ2n) is 5.58. The molecule has 0 aliphatic rings. The molecule has 0 saturated heterocycles. The zero-order valence-corrected chi connectivity index (χ0v) is 12.0. The van der Waals surface area contributed by atoms with Gasteiger partial charge in [-0.1, -0.05) is 20.8 Å². The maximum absolute atomic E-state index is 5.62. The summed E-state index contributed by atoms with van der Waals surface area (Å²) in [5.41, 5.74) is 0.393. The highest BCUT2D eigenvalue weighted by Gasteiger charge is 2.08. The number of benzene rings is 1. The van der Waals surface area contributed by atoms with Crippen LogP contribution in [0, 0.1) is 5.41 Å². The Morgan fingerprint density at radius 3 is 2.17 bits per heavy atom. The molecule has 102 valence electrons. The Kier molecular flexibility index (Phi) is 5.99. The number of ether oxygens (including phenoxy) is 2. The SMILES string of the molecule is COc1ccc(OCCNCCC(C)(C)C)cc1. The van der Waals surface area contributed by atoms with E-state index in [2.05, 4.69) is 26.1 Å². The van der Waals surface area contributed by atoms with E-state index < -0.39 is 0 Å². The van der Waals surface area contributed by atoms with Crippen molar-refractivity contribution in [2.45, 2.75) is 27.2 Å². The van der Waals surface area contributed by atoms with Gasteiger partial charge in [-0.25, -0.2) is 0 Å². The lowest BCUT2D eigenvalue weighted by molar-refractivity contribution is 0.303. The van der Waals surface area contributed by atoms with Crippen molar-refractivity contribution in [1.82, 2.24) is 5.32 Å². The van der Waals surface area contributed by atoms with E-state index in [1.54, 1.807) is 7.11 Å². The van der Waals surface area contributed by atoms with Crippen molar-refractivity contribution in [2.24, 2.45) is 5.41 Å². The van der Waals surface area contributed by atoms with Crippen LogP contribution >= 0.6 is 0 Å². The zero-order valence-electron chi connectivity index (χ0n) is 12.0. The molecule has 0 heterocycles. The topological polar surface area (TPSA) is 30.5 Å². The normalized spacial score (nSPS) is 11.3. The van der Waals surface area contributed by atoms with Gasteiger partial charge in [-0.3, -0.25) is 0 Å². The average molecular weight is 251 g/mol. The highest BCUT2D eigenvalue weighted by molar-refractivity contribution is 5.31. The Bertz CT molecular complexity index is 327. The molecule has 0 unspecified atom stereocenters. The van der Waals surface area contributed by atoms with Gasteiger partial charge in [-0.15, -0.1) is 0 Å². The monoisotopic (exact) mass is 251 g/mol. The maximum atomic E-state index is 5.62. The van der Waals surface area contributed by atoms with Crippen molar-refractivity contribution in [3.63, 3.8) is 0 Å². The number of rotatable bonds is 7. The predicted molar refractivity (Wildman–Crippen MR) is 75.4 cm³/mol. The Morgan fingerprint density at radius 1 is 1.00 bits per heavy atom. The quantitative estimate of drug-likeness (QED) is 0.755. The minimum atomic E-state index is 0.393. The van der Waals surface area contributed by atoms with Crippen LogP contribution in [0.5, 0.6) is 11.5 Å². The molecule has 1 N–H and O–H groups in total. The Hall–Kier alpha value is -1.22. The van der Waals surface area contributed by atoms with E-state index >= 15 is 0 Å². The van der Waals surface area contributed by atoms with Gasteiger partial charge in [-0.2, -0.15) is 0 Å². The minimum absolute atomic E-state index is 0.393. The molecule has 0 fully saturated rings. The van der Waals surface area contributed by atoms with Crippen molar-refractivity contribution in [3.8, 4) is 11.5 Å². The summed E-state index contributed by atoms with van der Waals surface area (Å²) in [5, 5.41) is 3.39. The van der Waals surface area contributed by atoms with E-state index in [-0.39, 0.29) is 0 Å². The lowest BCUT2D eigenvalue weighted by atomic mass is 9.92. The van der Waals surface area contributed by atoms with Crippen molar-refractivity contribution in [2.75, 3.05) is 26.8 Å². The van der Waals surface area contributed by atoms with E-state index in [1.165, 1.54) is 6.42 Å². The summed E-state index contributed by atoms with van der Waals surface area (Å²) < 4.78 is 10.7. The summed E-state index contributed by atoms with van der Waals surface area (Å²) in [6, 6.07) is 7.66. The molecular weight excluding hydrogens is 226 g/mol. The van der Waals surface area contributed by atoms with E-state index in [0.29, 0.717) is 12.0 Å². The van der Waals surface area contributed by atoms with Crippen LogP contribution in [0.3, 0.4) is 0 Å². The third kappa shape index (κ3) is 6.50. The van der Waals surface area contributed by atoms with Crippen LogP contribution in [0.2, 0.25) is 0 Å². The van der Waals surface area contributed by atoms with Crippen molar-refractivity contribution < 1.29 is 9.47 Å². The third-order valence-electron chi connectivity index (χ3n) is 2.66. The molecule has 0 aliphatic carbocycles. The molecule has 3 nitrogen and oxygen atoms in total. The van der Waals surface area contributed by atoms with Gasteiger partial charge in [0.25, 0.3) is 0 Å². The van der Waals surface area contributed by atoms with E-state index in [4.69, 9.17) is 9.47 Å². The van der Waals surface area contributed by atoms with Gasteiger partial charge in [0, 0.05) is 6.54 Å². The second kappa shape index (κ2) is 7.27. The highest BCUT2D eigenvalue weighted by Crippen LogP contribution is 2.17. The lowest BCUT2D eigenvalue weighted by Gasteiger charge is -2.18. The average Bonchev–Trinajstić information content (AvgIpc) is 2.33. The van der Waals surface area contributed by atoms with Crippen LogP contribution < -0.4 is 14.8 Å². The van der Waals surface area contributed by atoms with Gasteiger partial charge in [0.15, 0.2) is 0 Å². The molecule has 3 heteroatoms.